The van der Waals surface area contributed by atoms with Crippen LogP contribution in [-0.2, 0) is 0 Å². The number of nitrogens with zero attached hydrogens (tertiary/aromatic N) is 5. The van der Waals surface area contributed by atoms with Crippen LogP contribution in [0, 0.1) is 9.39 Å². The molecule has 0 amide bonds. The third-order valence-corrected chi connectivity index (χ3v) is 4.08. The fourth-order valence-electron chi connectivity index (χ4n) is 2.47. The van der Waals surface area contributed by atoms with Crippen molar-refractivity contribution in [3.8, 4) is 0 Å². The smallest absolute Gasteiger partial charge is 0.225 e. The summed E-state index contributed by atoms with van der Waals surface area (Å²) in [5.41, 5.74) is 0. The highest BCUT2D eigenvalue weighted by atomic mass is 127. The standard InChI is InChI=1S/C14H15FIN5/c1-10-9-20(13-3-2-11(15)6-17-13)4-5-21(10)14-18-7-12(16)8-19-14/h2-3,6-8,10H,4-5,9H2,1H3/t10-/m0/s1. The molecule has 1 fully saturated rings. The third kappa shape index (κ3) is 3.22. The van der Waals surface area contributed by atoms with E-state index in [-0.39, 0.29) is 11.9 Å². The Labute approximate surface area is 136 Å². The zero-order chi connectivity index (χ0) is 14.8. The molecule has 1 atom stereocenters. The molecule has 1 saturated heterocycles. The Kier molecular flexibility index (Phi) is 4.18. The monoisotopic (exact) mass is 399 g/mol. The second-order valence-electron chi connectivity index (χ2n) is 5.02. The summed E-state index contributed by atoms with van der Waals surface area (Å²) < 4.78 is 14.0. The second kappa shape index (κ2) is 6.08. The lowest BCUT2D eigenvalue weighted by atomic mass is 10.2. The Hall–Kier alpha value is -1.51. The van der Waals surface area contributed by atoms with E-state index >= 15 is 0 Å². The van der Waals surface area contributed by atoms with Gasteiger partial charge in [-0.25, -0.2) is 19.3 Å². The first-order valence-corrected chi connectivity index (χ1v) is 7.82. The highest BCUT2D eigenvalue weighted by Crippen LogP contribution is 2.20. The van der Waals surface area contributed by atoms with Gasteiger partial charge in [-0.3, -0.25) is 0 Å². The van der Waals surface area contributed by atoms with Crippen molar-refractivity contribution >= 4 is 34.4 Å². The summed E-state index contributed by atoms with van der Waals surface area (Å²) in [5, 5.41) is 0. The van der Waals surface area contributed by atoms with E-state index < -0.39 is 0 Å². The molecular formula is C14H15FIN5. The molecule has 5 nitrogen and oxygen atoms in total. The number of rotatable bonds is 2. The lowest BCUT2D eigenvalue weighted by Gasteiger charge is -2.40. The van der Waals surface area contributed by atoms with E-state index in [0.717, 1.165) is 35.0 Å². The Balaban J connectivity index is 1.72. The van der Waals surface area contributed by atoms with Gasteiger partial charge in [0.15, 0.2) is 0 Å². The van der Waals surface area contributed by atoms with Crippen molar-refractivity contribution in [3.05, 3.63) is 40.1 Å². The summed E-state index contributed by atoms with van der Waals surface area (Å²) in [5.74, 6) is 1.26. The van der Waals surface area contributed by atoms with Gasteiger partial charge in [0, 0.05) is 41.6 Å². The molecule has 0 aromatic carbocycles. The molecule has 0 saturated carbocycles. The van der Waals surface area contributed by atoms with Gasteiger partial charge in [-0.05, 0) is 41.6 Å². The Bertz CT molecular complexity index is 604. The molecule has 3 heterocycles. The minimum absolute atomic E-state index is 0.269. The number of anilines is 2. The molecule has 0 bridgehead atoms. The molecule has 0 radical (unpaired) electrons. The van der Waals surface area contributed by atoms with Gasteiger partial charge >= 0.3 is 0 Å². The van der Waals surface area contributed by atoms with Crippen LogP contribution in [0.25, 0.3) is 0 Å². The molecule has 2 aromatic heterocycles. The number of piperazine rings is 1. The van der Waals surface area contributed by atoms with Gasteiger partial charge in [-0.15, -0.1) is 0 Å². The van der Waals surface area contributed by atoms with Gasteiger partial charge in [0.25, 0.3) is 0 Å². The fraction of sp³-hybridized carbons (Fsp3) is 0.357. The molecule has 0 N–H and O–H groups in total. The van der Waals surface area contributed by atoms with E-state index in [4.69, 9.17) is 0 Å². The summed E-state index contributed by atoms with van der Waals surface area (Å²) in [6.07, 6.45) is 4.90. The first-order chi connectivity index (χ1) is 10.1. The number of halogens is 2. The average molecular weight is 399 g/mol. The van der Waals surface area contributed by atoms with Crippen LogP contribution in [0.5, 0.6) is 0 Å². The molecule has 21 heavy (non-hydrogen) atoms. The van der Waals surface area contributed by atoms with Gasteiger partial charge in [0.2, 0.25) is 5.95 Å². The van der Waals surface area contributed by atoms with Gasteiger partial charge in [-0.1, -0.05) is 0 Å². The lowest BCUT2D eigenvalue weighted by Crippen LogP contribution is -2.53. The molecule has 0 unspecified atom stereocenters. The number of hydrogen-bond donors (Lipinski definition) is 0. The second-order valence-corrected chi connectivity index (χ2v) is 6.27. The molecule has 3 rings (SSSR count). The van der Waals surface area contributed by atoms with E-state index in [1.807, 2.05) is 12.4 Å². The third-order valence-electron chi connectivity index (χ3n) is 3.53. The van der Waals surface area contributed by atoms with Crippen LogP contribution in [0.4, 0.5) is 16.2 Å². The quantitative estimate of drug-likeness (QED) is 0.726. The van der Waals surface area contributed by atoms with Crippen LogP contribution < -0.4 is 9.80 Å². The predicted octanol–water partition coefficient (Wildman–Crippen LogP) is 2.33. The number of pyridine rings is 1. The molecule has 0 aliphatic carbocycles. The van der Waals surface area contributed by atoms with E-state index in [0.29, 0.717) is 0 Å². The molecule has 1 aliphatic rings. The van der Waals surface area contributed by atoms with Gasteiger partial charge < -0.3 is 9.80 Å². The maximum absolute atomic E-state index is 12.9. The first-order valence-electron chi connectivity index (χ1n) is 6.74. The summed E-state index contributed by atoms with van der Waals surface area (Å²) >= 11 is 2.20. The molecule has 0 spiro atoms. The zero-order valence-corrected chi connectivity index (χ0v) is 13.7. The van der Waals surface area contributed by atoms with Crippen molar-refractivity contribution in [1.29, 1.82) is 0 Å². The van der Waals surface area contributed by atoms with Gasteiger partial charge in [0.1, 0.15) is 11.6 Å². The van der Waals surface area contributed by atoms with Crippen LogP contribution >= 0.6 is 22.6 Å². The number of hydrogen-bond acceptors (Lipinski definition) is 5. The molecule has 7 heteroatoms. The molecular weight excluding hydrogens is 384 g/mol. The minimum atomic E-state index is -0.308. The lowest BCUT2D eigenvalue weighted by molar-refractivity contribution is 0.536. The molecule has 1 aliphatic heterocycles. The maximum atomic E-state index is 12.9. The Morgan fingerprint density at radius 1 is 1.14 bits per heavy atom. The zero-order valence-electron chi connectivity index (χ0n) is 11.6. The summed E-state index contributed by atoms with van der Waals surface area (Å²) in [4.78, 5) is 17.3. The van der Waals surface area contributed by atoms with E-state index in [2.05, 4.69) is 54.3 Å². The van der Waals surface area contributed by atoms with Crippen LogP contribution in [0.3, 0.4) is 0 Å². The van der Waals surface area contributed by atoms with Crippen molar-refractivity contribution < 1.29 is 4.39 Å². The topological polar surface area (TPSA) is 45.2 Å². The Morgan fingerprint density at radius 2 is 1.90 bits per heavy atom. The SMILES string of the molecule is C[C@H]1CN(c2ccc(F)cn2)CCN1c1ncc(I)cn1. The van der Waals surface area contributed by atoms with E-state index in [1.165, 1.54) is 12.3 Å². The van der Waals surface area contributed by atoms with E-state index in [9.17, 15) is 4.39 Å². The van der Waals surface area contributed by atoms with Crippen molar-refractivity contribution in [2.75, 3.05) is 29.4 Å². The first kappa shape index (κ1) is 14.4. The highest BCUT2D eigenvalue weighted by Gasteiger charge is 2.26. The van der Waals surface area contributed by atoms with Gasteiger partial charge in [0.05, 0.1) is 6.20 Å². The maximum Gasteiger partial charge on any atom is 0.225 e. The van der Waals surface area contributed by atoms with Crippen LogP contribution in [0.2, 0.25) is 0 Å². The fourth-order valence-corrected chi connectivity index (χ4v) is 2.75. The Morgan fingerprint density at radius 3 is 2.52 bits per heavy atom. The van der Waals surface area contributed by atoms with Crippen molar-refractivity contribution in [2.45, 2.75) is 13.0 Å². The van der Waals surface area contributed by atoms with Crippen LogP contribution in [0.15, 0.2) is 30.7 Å². The summed E-state index contributed by atoms with van der Waals surface area (Å²) in [6.45, 7) is 4.59. The summed E-state index contributed by atoms with van der Waals surface area (Å²) in [7, 11) is 0. The van der Waals surface area contributed by atoms with Crippen LogP contribution in [0.1, 0.15) is 6.92 Å². The largest absolute Gasteiger partial charge is 0.353 e. The van der Waals surface area contributed by atoms with Gasteiger partial charge in [-0.2, -0.15) is 0 Å². The predicted molar refractivity (Wildman–Crippen MR) is 88.0 cm³/mol. The highest BCUT2D eigenvalue weighted by molar-refractivity contribution is 14.1. The minimum Gasteiger partial charge on any atom is -0.353 e. The molecule has 110 valence electrons. The van der Waals surface area contributed by atoms with Crippen LogP contribution in [-0.4, -0.2) is 40.6 Å². The number of aromatic nitrogens is 3. The summed E-state index contributed by atoms with van der Waals surface area (Å²) in [6, 6.07) is 3.44. The normalized spacial score (nSPS) is 18.9. The van der Waals surface area contributed by atoms with Crippen molar-refractivity contribution in [2.24, 2.45) is 0 Å². The van der Waals surface area contributed by atoms with Crippen molar-refractivity contribution in [3.63, 3.8) is 0 Å². The van der Waals surface area contributed by atoms with E-state index in [1.54, 1.807) is 6.07 Å². The average Bonchev–Trinajstić information content (AvgIpc) is 2.49. The van der Waals surface area contributed by atoms with Crippen molar-refractivity contribution in [1.82, 2.24) is 15.0 Å². The molecule has 2 aromatic rings.